The van der Waals surface area contributed by atoms with Gasteiger partial charge >= 0.3 is 0 Å². The number of thiazole rings is 1. The van der Waals surface area contributed by atoms with Crippen LogP contribution in [0.3, 0.4) is 0 Å². The second-order valence-corrected chi connectivity index (χ2v) is 10.5. The number of nitrogens with zero attached hydrogens (tertiary/aromatic N) is 6. The Kier molecular flexibility index (Phi) is 7.34. The Morgan fingerprint density at radius 1 is 0.846 bits per heavy atom. The summed E-state index contributed by atoms with van der Waals surface area (Å²) in [5, 5.41) is 13.4. The number of piperidine rings is 1. The molecule has 5 aromatic rings. The van der Waals surface area contributed by atoms with Gasteiger partial charge in [0.15, 0.2) is 0 Å². The van der Waals surface area contributed by atoms with E-state index in [1.807, 2.05) is 42.6 Å². The van der Waals surface area contributed by atoms with E-state index in [9.17, 15) is 0 Å². The lowest BCUT2D eigenvalue weighted by molar-refractivity contribution is 0.211. The summed E-state index contributed by atoms with van der Waals surface area (Å²) in [6.07, 6.45) is 5.49. The standard InChI is InChI=1S/C31H27N7S/c32-20-28-34-17-13-27(36-28)35-25-14-18-38(19-15-25)21-22-9-11-23(12-10-22)29-30(24-6-2-1-3-7-24)39-31(37-29)26-8-4-5-16-33-26/h1-13,16-17,25H,14-15,18-19,21H2,(H,34,35,36). The van der Waals surface area contributed by atoms with E-state index in [-0.39, 0.29) is 5.82 Å². The Morgan fingerprint density at radius 2 is 1.64 bits per heavy atom. The van der Waals surface area contributed by atoms with E-state index in [2.05, 4.69) is 73.7 Å². The van der Waals surface area contributed by atoms with Crippen molar-refractivity contribution in [3.63, 3.8) is 0 Å². The molecule has 0 amide bonds. The van der Waals surface area contributed by atoms with Crippen LogP contribution in [0.2, 0.25) is 0 Å². The molecule has 1 aliphatic heterocycles. The highest BCUT2D eigenvalue weighted by molar-refractivity contribution is 7.18. The predicted octanol–water partition coefficient (Wildman–Crippen LogP) is 6.28. The summed E-state index contributed by atoms with van der Waals surface area (Å²) >= 11 is 1.68. The van der Waals surface area contributed by atoms with Crippen molar-refractivity contribution in [2.75, 3.05) is 18.4 Å². The largest absolute Gasteiger partial charge is 0.367 e. The van der Waals surface area contributed by atoms with E-state index >= 15 is 0 Å². The van der Waals surface area contributed by atoms with Gasteiger partial charge in [-0.3, -0.25) is 9.88 Å². The minimum Gasteiger partial charge on any atom is -0.367 e. The molecular formula is C31H27N7S. The first-order valence-electron chi connectivity index (χ1n) is 13.0. The second kappa shape index (κ2) is 11.5. The highest BCUT2D eigenvalue weighted by atomic mass is 32.1. The molecule has 3 aromatic heterocycles. The summed E-state index contributed by atoms with van der Waals surface area (Å²) in [7, 11) is 0. The maximum absolute atomic E-state index is 9.02. The zero-order valence-corrected chi connectivity index (χ0v) is 22.2. The normalized spacial score (nSPS) is 14.1. The van der Waals surface area contributed by atoms with Crippen LogP contribution in [0.25, 0.3) is 32.4 Å². The molecule has 0 saturated carbocycles. The molecule has 0 bridgehead atoms. The highest BCUT2D eigenvalue weighted by Crippen LogP contribution is 2.40. The minimum absolute atomic E-state index is 0.197. The SMILES string of the molecule is N#Cc1nccc(NC2CCN(Cc3ccc(-c4nc(-c5ccccn5)sc4-c4ccccc4)cc3)CC2)n1. The highest BCUT2D eigenvalue weighted by Gasteiger charge is 2.20. The molecule has 8 heteroatoms. The Balaban J connectivity index is 1.14. The molecule has 0 spiro atoms. The molecule has 2 aromatic carbocycles. The van der Waals surface area contributed by atoms with Crippen molar-refractivity contribution >= 4 is 17.2 Å². The maximum atomic E-state index is 9.02. The van der Waals surface area contributed by atoms with Crippen LogP contribution < -0.4 is 5.32 Å². The van der Waals surface area contributed by atoms with Crippen LogP contribution in [-0.2, 0) is 6.54 Å². The summed E-state index contributed by atoms with van der Waals surface area (Å²) < 4.78 is 0. The molecule has 39 heavy (non-hydrogen) atoms. The fourth-order valence-corrected chi connectivity index (χ4v) is 5.93. The van der Waals surface area contributed by atoms with E-state index in [4.69, 9.17) is 10.2 Å². The van der Waals surface area contributed by atoms with Gasteiger partial charge in [0.25, 0.3) is 0 Å². The zero-order valence-electron chi connectivity index (χ0n) is 21.4. The summed E-state index contributed by atoms with van der Waals surface area (Å²) in [6, 6.07) is 29.4. The third-order valence-corrected chi connectivity index (χ3v) is 8.00. The smallest absolute Gasteiger partial charge is 0.234 e. The summed E-state index contributed by atoms with van der Waals surface area (Å²) in [6.45, 7) is 2.93. The molecule has 0 aliphatic carbocycles. The number of aromatic nitrogens is 4. The molecule has 1 saturated heterocycles. The van der Waals surface area contributed by atoms with E-state index < -0.39 is 0 Å². The molecule has 0 atom stereocenters. The number of hydrogen-bond acceptors (Lipinski definition) is 8. The Labute approximate surface area is 231 Å². The van der Waals surface area contributed by atoms with Crippen molar-refractivity contribution in [1.29, 1.82) is 5.26 Å². The van der Waals surface area contributed by atoms with Gasteiger partial charge in [0.1, 0.15) is 16.9 Å². The number of hydrogen-bond donors (Lipinski definition) is 1. The molecule has 192 valence electrons. The van der Waals surface area contributed by atoms with E-state index in [0.717, 1.165) is 65.1 Å². The maximum Gasteiger partial charge on any atom is 0.234 e. The average molecular weight is 530 g/mol. The van der Waals surface area contributed by atoms with Crippen LogP contribution in [-0.4, -0.2) is 44.0 Å². The fraction of sp³-hybridized carbons (Fsp3) is 0.194. The molecule has 1 fully saturated rings. The van der Waals surface area contributed by atoms with Crippen LogP contribution >= 0.6 is 11.3 Å². The van der Waals surface area contributed by atoms with Gasteiger partial charge in [-0.25, -0.2) is 15.0 Å². The van der Waals surface area contributed by atoms with Gasteiger partial charge in [0, 0.05) is 43.6 Å². The number of likely N-dealkylation sites (tertiary alicyclic amines) is 1. The van der Waals surface area contributed by atoms with Crippen LogP contribution in [0, 0.1) is 11.3 Å². The van der Waals surface area contributed by atoms with E-state index in [1.165, 1.54) is 11.1 Å². The van der Waals surface area contributed by atoms with Crippen LogP contribution in [0.1, 0.15) is 24.2 Å². The van der Waals surface area contributed by atoms with Gasteiger partial charge in [0.2, 0.25) is 5.82 Å². The van der Waals surface area contributed by atoms with Crippen LogP contribution in [0.4, 0.5) is 5.82 Å². The van der Waals surface area contributed by atoms with Crippen molar-refractivity contribution in [3.8, 4) is 38.5 Å². The van der Waals surface area contributed by atoms with Crippen molar-refractivity contribution in [2.24, 2.45) is 0 Å². The number of nitrogens with one attached hydrogen (secondary N) is 1. The summed E-state index contributed by atoms with van der Waals surface area (Å²) in [5.41, 5.74) is 5.46. The summed E-state index contributed by atoms with van der Waals surface area (Å²) in [4.78, 5) is 21.4. The van der Waals surface area contributed by atoms with Gasteiger partial charge < -0.3 is 5.32 Å². The molecule has 1 aliphatic rings. The third-order valence-electron chi connectivity index (χ3n) is 6.88. The number of benzene rings is 2. The first-order valence-corrected chi connectivity index (χ1v) is 13.9. The van der Waals surface area contributed by atoms with Crippen molar-refractivity contribution < 1.29 is 0 Å². The Bertz CT molecular complexity index is 1570. The van der Waals surface area contributed by atoms with Crippen molar-refractivity contribution in [1.82, 2.24) is 24.8 Å². The lowest BCUT2D eigenvalue weighted by atomic mass is 10.0. The quantitative estimate of drug-likeness (QED) is 0.265. The van der Waals surface area contributed by atoms with Crippen LogP contribution in [0.5, 0.6) is 0 Å². The first kappa shape index (κ1) is 24.9. The van der Waals surface area contributed by atoms with E-state index in [0.29, 0.717) is 6.04 Å². The van der Waals surface area contributed by atoms with Gasteiger partial charge in [-0.1, -0.05) is 60.7 Å². The number of nitriles is 1. The third kappa shape index (κ3) is 5.85. The Morgan fingerprint density at radius 3 is 2.38 bits per heavy atom. The molecule has 0 unspecified atom stereocenters. The zero-order chi connectivity index (χ0) is 26.4. The molecule has 4 heterocycles. The van der Waals surface area contributed by atoms with Crippen molar-refractivity contribution in [3.05, 3.63) is 103 Å². The topological polar surface area (TPSA) is 90.6 Å². The van der Waals surface area contributed by atoms with Gasteiger partial charge in [-0.15, -0.1) is 11.3 Å². The van der Waals surface area contributed by atoms with E-state index in [1.54, 1.807) is 17.5 Å². The number of pyridine rings is 1. The molecular weight excluding hydrogens is 502 g/mol. The van der Waals surface area contributed by atoms with Crippen LogP contribution in [0.15, 0.2) is 91.3 Å². The van der Waals surface area contributed by atoms with Gasteiger partial charge in [-0.05, 0) is 42.2 Å². The number of anilines is 1. The second-order valence-electron chi connectivity index (χ2n) is 9.55. The molecule has 7 nitrogen and oxygen atoms in total. The molecule has 0 radical (unpaired) electrons. The number of rotatable bonds is 7. The molecule has 1 N–H and O–H groups in total. The lowest BCUT2D eigenvalue weighted by Gasteiger charge is -2.32. The van der Waals surface area contributed by atoms with Gasteiger partial charge in [-0.2, -0.15) is 5.26 Å². The molecule has 6 rings (SSSR count). The van der Waals surface area contributed by atoms with Crippen molar-refractivity contribution in [2.45, 2.75) is 25.4 Å². The predicted molar refractivity (Wildman–Crippen MR) is 155 cm³/mol. The van der Waals surface area contributed by atoms with Gasteiger partial charge in [0.05, 0.1) is 16.3 Å². The summed E-state index contributed by atoms with van der Waals surface area (Å²) in [5.74, 6) is 0.918. The first-order chi connectivity index (χ1) is 19.2. The average Bonchev–Trinajstić information content (AvgIpc) is 3.45. The Hall–Kier alpha value is -4.45. The lowest BCUT2D eigenvalue weighted by Crippen LogP contribution is -2.38. The fourth-order valence-electron chi connectivity index (χ4n) is 4.86. The minimum atomic E-state index is 0.197. The monoisotopic (exact) mass is 529 g/mol.